The molecule has 154 valence electrons. The van der Waals surface area contributed by atoms with Crippen LogP contribution in [-0.2, 0) is 6.42 Å². The lowest BCUT2D eigenvalue weighted by Crippen LogP contribution is -2.34. The molecule has 0 aliphatic carbocycles. The van der Waals surface area contributed by atoms with E-state index in [0.29, 0.717) is 10.9 Å². The lowest BCUT2D eigenvalue weighted by atomic mass is 9.98. The van der Waals surface area contributed by atoms with E-state index in [-0.39, 0.29) is 5.56 Å². The van der Waals surface area contributed by atoms with E-state index in [4.69, 9.17) is 0 Å². The van der Waals surface area contributed by atoms with Gasteiger partial charge in [-0.1, -0.05) is 55.0 Å². The van der Waals surface area contributed by atoms with Crippen LogP contribution in [0.2, 0.25) is 0 Å². The van der Waals surface area contributed by atoms with Gasteiger partial charge in [-0.25, -0.2) is 9.97 Å². The van der Waals surface area contributed by atoms with Gasteiger partial charge in [-0.3, -0.25) is 4.79 Å². The number of nitrogens with one attached hydrogen (secondary N) is 1. The number of rotatable bonds is 5. The first-order valence-corrected chi connectivity index (χ1v) is 11.3. The smallest absolute Gasteiger partial charge is 0.275 e. The third-order valence-corrected chi connectivity index (χ3v) is 6.52. The van der Waals surface area contributed by atoms with Crippen molar-refractivity contribution in [3.63, 3.8) is 0 Å². The number of aromatic nitrogens is 5. The highest BCUT2D eigenvalue weighted by Gasteiger charge is 2.26. The normalized spacial score (nSPS) is 17.0. The van der Waals surface area contributed by atoms with Gasteiger partial charge in [-0.05, 0) is 24.8 Å². The van der Waals surface area contributed by atoms with Gasteiger partial charge in [0.15, 0.2) is 0 Å². The van der Waals surface area contributed by atoms with Gasteiger partial charge < -0.3 is 9.88 Å². The lowest BCUT2D eigenvalue weighted by Gasteiger charge is -2.31. The average molecular weight is 421 g/mol. The number of imidazole rings is 1. The third-order valence-electron chi connectivity index (χ3n) is 5.55. The zero-order valence-electron chi connectivity index (χ0n) is 16.9. The maximum absolute atomic E-state index is 12.4. The number of aromatic amines is 1. The zero-order chi connectivity index (χ0) is 20.5. The second kappa shape index (κ2) is 8.02. The van der Waals surface area contributed by atoms with E-state index in [9.17, 15) is 4.79 Å². The van der Waals surface area contributed by atoms with Crippen molar-refractivity contribution in [2.24, 2.45) is 0 Å². The van der Waals surface area contributed by atoms with Gasteiger partial charge in [-0.2, -0.15) is 4.52 Å². The summed E-state index contributed by atoms with van der Waals surface area (Å²) in [7, 11) is 0. The van der Waals surface area contributed by atoms with Crippen LogP contribution in [0.15, 0.2) is 47.4 Å². The largest absolute Gasteiger partial charge is 0.346 e. The third kappa shape index (κ3) is 3.63. The molecule has 0 bridgehead atoms. The average Bonchev–Trinajstić information content (AvgIpc) is 3.43. The Labute approximate surface area is 178 Å². The fourth-order valence-electron chi connectivity index (χ4n) is 4.04. The molecule has 0 spiro atoms. The van der Waals surface area contributed by atoms with Crippen molar-refractivity contribution in [2.75, 3.05) is 18.0 Å². The first kappa shape index (κ1) is 19.0. The van der Waals surface area contributed by atoms with Crippen LogP contribution in [0.25, 0.3) is 16.2 Å². The van der Waals surface area contributed by atoms with Crippen molar-refractivity contribution in [3.8, 4) is 11.3 Å². The SMILES string of the molecule is CCCc1cc(=O)n2nc(N3CCCC(c4ncc(-c5ccccc5)[nH]4)C3)sc2n1. The van der Waals surface area contributed by atoms with Gasteiger partial charge in [0, 0.05) is 30.8 Å². The molecular weight excluding hydrogens is 396 g/mol. The first-order valence-electron chi connectivity index (χ1n) is 10.5. The van der Waals surface area contributed by atoms with Crippen LogP contribution in [0.3, 0.4) is 0 Å². The standard InChI is InChI=1S/C22H24N6OS/c1-2-7-17-12-19(29)28-21(24-17)30-22(26-28)27-11-6-10-16(14-27)20-23-13-18(25-20)15-8-4-3-5-9-15/h3-5,8-9,12-13,16H,2,6-7,10-11,14H2,1H3,(H,23,25). The molecule has 3 aromatic heterocycles. The van der Waals surface area contributed by atoms with Crippen molar-refractivity contribution in [1.82, 2.24) is 24.6 Å². The van der Waals surface area contributed by atoms with Gasteiger partial charge in [0.1, 0.15) is 5.82 Å². The minimum Gasteiger partial charge on any atom is -0.346 e. The molecule has 5 rings (SSSR count). The number of hydrogen-bond donors (Lipinski definition) is 1. The fraction of sp³-hybridized carbons (Fsp3) is 0.364. The van der Waals surface area contributed by atoms with Crippen molar-refractivity contribution < 1.29 is 0 Å². The molecule has 4 heterocycles. The summed E-state index contributed by atoms with van der Waals surface area (Å²) >= 11 is 1.49. The van der Waals surface area contributed by atoms with E-state index in [1.807, 2.05) is 24.4 Å². The van der Waals surface area contributed by atoms with Crippen molar-refractivity contribution >= 4 is 21.4 Å². The number of hydrogen-bond acceptors (Lipinski definition) is 6. The molecule has 1 unspecified atom stereocenters. The van der Waals surface area contributed by atoms with E-state index < -0.39 is 0 Å². The Hall–Kier alpha value is -3.00. The van der Waals surface area contributed by atoms with E-state index in [2.05, 4.69) is 44.0 Å². The summed E-state index contributed by atoms with van der Waals surface area (Å²) in [5.41, 5.74) is 2.93. The van der Waals surface area contributed by atoms with E-state index in [1.165, 1.54) is 15.9 Å². The minimum absolute atomic E-state index is 0.0990. The quantitative estimate of drug-likeness (QED) is 0.530. The molecule has 1 N–H and O–H groups in total. The summed E-state index contributed by atoms with van der Waals surface area (Å²) in [6.45, 7) is 3.85. The number of anilines is 1. The molecule has 0 radical (unpaired) electrons. The van der Waals surface area contributed by atoms with Crippen LogP contribution < -0.4 is 10.5 Å². The van der Waals surface area contributed by atoms with E-state index >= 15 is 0 Å². The molecular formula is C22H24N6OS. The van der Waals surface area contributed by atoms with Crippen molar-refractivity contribution in [1.29, 1.82) is 0 Å². The Balaban J connectivity index is 1.39. The van der Waals surface area contributed by atoms with E-state index in [1.54, 1.807) is 6.07 Å². The van der Waals surface area contributed by atoms with Gasteiger partial charge in [-0.15, -0.1) is 5.10 Å². The molecule has 8 heteroatoms. The Morgan fingerprint density at radius 1 is 1.27 bits per heavy atom. The molecule has 1 saturated heterocycles. The summed E-state index contributed by atoms with van der Waals surface area (Å²) in [6.07, 6.45) is 5.84. The predicted molar refractivity (Wildman–Crippen MR) is 119 cm³/mol. The van der Waals surface area contributed by atoms with Crippen LogP contribution >= 0.6 is 11.3 Å². The number of nitrogens with zero attached hydrogens (tertiary/aromatic N) is 5. The first-order chi connectivity index (χ1) is 14.7. The summed E-state index contributed by atoms with van der Waals surface area (Å²) in [4.78, 5) is 28.2. The number of fused-ring (bicyclic) bond motifs is 1. The van der Waals surface area contributed by atoms with Crippen LogP contribution in [-0.4, -0.2) is 37.7 Å². The zero-order valence-corrected chi connectivity index (χ0v) is 17.7. The van der Waals surface area contributed by atoms with Crippen molar-refractivity contribution in [2.45, 2.75) is 38.5 Å². The van der Waals surface area contributed by atoms with Gasteiger partial charge in [0.2, 0.25) is 10.1 Å². The highest BCUT2D eigenvalue weighted by molar-refractivity contribution is 7.20. The minimum atomic E-state index is -0.0990. The number of H-pyrrole nitrogens is 1. The summed E-state index contributed by atoms with van der Waals surface area (Å²) in [6, 6.07) is 11.9. The highest BCUT2D eigenvalue weighted by atomic mass is 32.1. The Morgan fingerprint density at radius 2 is 2.13 bits per heavy atom. The van der Waals surface area contributed by atoms with Crippen LogP contribution in [0.5, 0.6) is 0 Å². The number of piperidine rings is 1. The van der Waals surface area contributed by atoms with Crippen LogP contribution in [0, 0.1) is 0 Å². The summed E-state index contributed by atoms with van der Waals surface area (Å²) in [5.74, 6) is 1.32. The Kier molecular flexibility index (Phi) is 5.08. The number of benzene rings is 1. The topological polar surface area (TPSA) is 79.2 Å². The van der Waals surface area contributed by atoms with Crippen LogP contribution in [0.4, 0.5) is 5.13 Å². The fourth-order valence-corrected chi connectivity index (χ4v) is 5.00. The maximum Gasteiger partial charge on any atom is 0.275 e. The molecule has 1 aliphatic rings. The van der Waals surface area contributed by atoms with Gasteiger partial charge >= 0.3 is 0 Å². The van der Waals surface area contributed by atoms with Gasteiger partial charge in [0.25, 0.3) is 5.56 Å². The molecule has 0 saturated carbocycles. The Morgan fingerprint density at radius 3 is 2.97 bits per heavy atom. The van der Waals surface area contributed by atoms with Gasteiger partial charge in [0.05, 0.1) is 11.9 Å². The molecule has 1 aromatic carbocycles. The molecule has 1 fully saturated rings. The second-order valence-electron chi connectivity index (χ2n) is 7.75. The van der Waals surface area contributed by atoms with Crippen LogP contribution in [0.1, 0.15) is 43.6 Å². The summed E-state index contributed by atoms with van der Waals surface area (Å²) < 4.78 is 1.43. The maximum atomic E-state index is 12.4. The van der Waals surface area contributed by atoms with Crippen molar-refractivity contribution in [3.05, 3.63) is 64.5 Å². The molecule has 0 amide bonds. The molecule has 7 nitrogen and oxygen atoms in total. The molecule has 4 aromatic rings. The summed E-state index contributed by atoms with van der Waals surface area (Å²) in [5, 5.41) is 5.43. The lowest BCUT2D eigenvalue weighted by molar-refractivity contribution is 0.492. The molecule has 1 atom stereocenters. The number of aryl methyl sites for hydroxylation is 1. The molecule has 30 heavy (non-hydrogen) atoms. The second-order valence-corrected chi connectivity index (χ2v) is 8.68. The van der Waals surface area contributed by atoms with E-state index in [0.717, 1.165) is 66.7 Å². The molecule has 1 aliphatic heterocycles. The Bertz CT molecular complexity index is 1210. The monoisotopic (exact) mass is 420 g/mol. The highest BCUT2D eigenvalue weighted by Crippen LogP contribution is 2.31. The predicted octanol–water partition coefficient (Wildman–Crippen LogP) is 3.88.